The molecule has 0 unspecified atom stereocenters. The Bertz CT molecular complexity index is 1380. The van der Waals surface area contributed by atoms with Gasteiger partial charge >= 0.3 is 11.7 Å². The van der Waals surface area contributed by atoms with Crippen molar-refractivity contribution in [2.45, 2.75) is 19.5 Å². The number of fused-ring (bicyclic) bond motifs is 2. The first kappa shape index (κ1) is 19.3. The molecule has 4 heterocycles. The number of aromatic nitrogens is 8. The molecule has 4 aromatic rings. The summed E-state index contributed by atoms with van der Waals surface area (Å²) in [5.41, 5.74) is 6.12. The monoisotopic (exact) mass is 413 g/mol. The molecule has 0 spiro atoms. The fourth-order valence-electron chi connectivity index (χ4n) is 3.19. The van der Waals surface area contributed by atoms with Gasteiger partial charge in [0.2, 0.25) is 0 Å². The van der Waals surface area contributed by atoms with Crippen molar-refractivity contribution < 1.29 is 9.53 Å². The second kappa shape index (κ2) is 7.42. The van der Waals surface area contributed by atoms with Crippen molar-refractivity contribution in [3.8, 4) is 0 Å². The molecule has 0 aliphatic heterocycles. The summed E-state index contributed by atoms with van der Waals surface area (Å²) in [6.07, 6.45) is 4.86. The summed E-state index contributed by atoms with van der Waals surface area (Å²) in [5.74, 6) is -0.389. The highest BCUT2D eigenvalue weighted by Gasteiger charge is 2.17. The number of ether oxygens (including phenoxy) is 1. The van der Waals surface area contributed by atoms with Crippen LogP contribution >= 0.6 is 0 Å². The number of carbonyl (C=O) groups is 1. The van der Waals surface area contributed by atoms with Gasteiger partial charge in [0.25, 0.3) is 5.56 Å². The highest BCUT2D eigenvalue weighted by atomic mass is 16.5. The summed E-state index contributed by atoms with van der Waals surface area (Å²) in [6, 6.07) is 0. The number of imidazole rings is 2. The molecule has 0 saturated heterocycles. The summed E-state index contributed by atoms with van der Waals surface area (Å²) in [5, 5.41) is 0. The van der Waals surface area contributed by atoms with E-state index in [9.17, 15) is 14.4 Å². The number of carbonyl (C=O) groups excluding carboxylic acids is 1. The van der Waals surface area contributed by atoms with Crippen LogP contribution in [0.1, 0.15) is 6.42 Å². The molecule has 0 radical (unpaired) electrons. The number of aryl methyl sites for hydroxylation is 3. The van der Waals surface area contributed by atoms with Gasteiger partial charge in [-0.1, -0.05) is 0 Å². The lowest BCUT2D eigenvalue weighted by Gasteiger charge is -2.09. The molecule has 4 aromatic heterocycles. The van der Waals surface area contributed by atoms with E-state index >= 15 is 0 Å². The van der Waals surface area contributed by atoms with Crippen molar-refractivity contribution in [1.29, 1.82) is 0 Å². The lowest BCUT2D eigenvalue weighted by Crippen LogP contribution is -2.41. The average Bonchev–Trinajstić information content (AvgIpc) is 3.31. The second-order valence-corrected chi connectivity index (χ2v) is 6.70. The summed E-state index contributed by atoms with van der Waals surface area (Å²) in [7, 11) is 3.13. The van der Waals surface area contributed by atoms with E-state index in [-0.39, 0.29) is 17.8 Å². The molecule has 0 saturated carbocycles. The number of rotatable bonds is 6. The van der Waals surface area contributed by atoms with Gasteiger partial charge in [-0.2, -0.15) is 0 Å². The molecule has 0 atom stereocenters. The van der Waals surface area contributed by atoms with Gasteiger partial charge in [-0.3, -0.25) is 14.2 Å². The first-order valence-electron chi connectivity index (χ1n) is 9.06. The van der Waals surface area contributed by atoms with Crippen molar-refractivity contribution in [1.82, 2.24) is 38.2 Å². The Morgan fingerprint density at radius 1 is 1.10 bits per heavy atom. The van der Waals surface area contributed by atoms with Gasteiger partial charge in [-0.15, -0.1) is 0 Å². The number of esters is 1. The smallest absolute Gasteiger partial charge is 0.333 e. The highest BCUT2D eigenvalue weighted by molar-refractivity contribution is 5.81. The predicted octanol–water partition coefficient (Wildman–Crippen LogP) is -1.21. The zero-order valence-corrected chi connectivity index (χ0v) is 16.3. The number of anilines is 1. The number of nitrogens with two attached hydrogens (primary N) is 1. The topological polar surface area (TPSA) is 158 Å². The summed E-state index contributed by atoms with van der Waals surface area (Å²) < 4.78 is 10.5. The third kappa shape index (κ3) is 3.19. The number of nitrogen functional groups attached to an aromatic ring is 1. The summed E-state index contributed by atoms with van der Waals surface area (Å²) >= 11 is 0. The van der Waals surface area contributed by atoms with E-state index < -0.39 is 23.8 Å². The molecule has 30 heavy (non-hydrogen) atoms. The van der Waals surface area contributed by atoms with E-state index in [0.29, 0.717) is 29.9 Å². The minimum Gasteiger partial charge on any atom is -0.464 e. The molecule has 2 N–H and O–H groups in total. The van der Waals surface area contributed by atoms with Gasteiger partial charge < -0.3 is 19.6 Å². The number of hydrogen-bond acceptors (Lipinski definition) is 9. The maximum atomic E-state index is 12.6. The Hall–Kier alpha value is -4.03. The molecule has 4 rings (SSSR count). The molecule has 0 aliphatic rings. The fraction of sp³-hybridized carbons (Fsp3) is 0.353. The van der Waals surface area contributed by atoms with Crippen LogP contribution < -0.4 is 17.0 Å². The van der Waals surface area contributed by atoms with E-state index in [0.717, 1.165) is 4.57 Å². The Balaban J connectivity index is 1.41. The molecule has 13 nitrogen and oxygen atoms in total. The average molecular weight is 413 g/mol. The lowest BCUT2D eigenvalue weighted by molar-refractivity contribution is -0.144. The maximum absolute atomic E-state index is 12.6. The van der Waals surface area contributed by atoms with Crippen LogP contribution in [0.3, 0.4) is 0 Å². The molecule has 13 heteroatoms. The van der Waals surface area contributed by atoms with Gasteiger partial charge in [0, 0.05) is 20.6 Å². The third-order valence-corrected chi connectivity index (χ3v) is 4.72. The highest BCUT2D eigenvalue weighted by Crippen LogP contribution is 2.14. The van der Waals surface area contributed by atoms with Crippen molar-refractivity contribution in [2.24, 2.45) is 14.1 Å². The van der Waals surface area contributed by atoms with Gasteiger partial charge in [0.1, 0.15) is 18.4 Å². The van der Waals surface area contributed by atoms with Crippen molar-refractivity contribution in [3.05, 3.63) is 39.8 Å². The first-order valence-corrected chi connectivity index (χ1v) is 9.06. The molecule has 0 bridgehead atoms. The van der Waals surface area contributed by atoms with Crippen molar-refractivity contribution >= 4 is 34.1 Å². The summed E-state index contributed by atoms with van der Waals surface area (Å²) in [4.78, 5) is 53.5. The normalized spacial score (nSPS) is 11.4. The van der Waals surface area contributed by atoms with Gasteiger partial charge in [0.05, 0.1) is 19.3 Å². The largest absolute Gasteiger partial charge is 0.464 e. The van der Waals surface area contributed by atoms with Crippen LogP contribution in [0.5, 0.6) is 0 Å². The van der Waals surface area contributed by atoms with Crippen LogP contribution in [0.25, 0.3) is 22.3 Å². The van der Waals surface area contributed by atoms with Gasteiger partial charge in [-0.05, 0) is 6.42 Å². The third-order valence-electron chi connectivity index (χ3n) is 4.72. The van der Waals surface area contributed by atoms with E-state index in [4.69, 9.17) is 10.5 Å². The van der Waals surface area contributed by atoms with Gasteiger partial charge in [-0.25, -0.2) is 29.3 Å². The van der Waals surface area contributed by atoms with Crippen LogP contribution in [-0.2, 0) is 36.7 Å². The van der Waals surface area contributed by atoms with E-state index in [1.807, 2.05) is 0 Å². The quantitative estimate of drug-likeness (QED) is 0.302. The second-order valence-electron chi connectivity index (χ2n) is 6.70. The van der Waals surface area contributed by atoms with Crippen LogP contribution in [0.4, 0.5) is 5.82 Å². The van der Waals surface area contributed by atoms with Crippen LogP contribution in [0.15, 0.2) is 28.6 Å². The van der Waals surface area contributed by atoms with E-state index in [1.165, 1.54) is 28.8 Å². The van der Waals surface area contributed by atoms with Crippen molar-refractivity contribution in [2.75, 3.05) is 12.3 Å². The molecule has 156 valence electrons. The SMILES string of the molecule is Cn1cnc2c1c(=O)n(CC(=O)OCCCn1cnc3c(N)ncnc31)c(=O)n2C. The molecule has 0 amide bonds. The minimum atomic E-state index is -0.683. The van der Waals surface area contributed by atoms with Crippen LogP contribution in [-0.4, -0.2) is 50.8 Å². The Morgan fingerprint density at radius 3 is 2.70 bits per heavy atom. The molecular formula is C17H19N9O4. The zero-order chi connectivity index (χ0) is 21.4. The lowest BCUT2D eigenvalue weighted by atomic mass is 10.4. The van der Waals surface area contributed by atoms with Crippen LogP contribution in [0, 0.1) is 0 Å². The zero-order valence-electron chi connectivity index (χ0n) is 16.3. The Morgan fingerprint density at radius 2 is 1.90 bits per heavy atom. The molecule has 0 aliphatic carbocycles. The summed E-state index contributed by atoms with van der Waals surface area (Å²) in [6.45, 7) is 0.107. The van der Waals surface area contributed by atoms with Crippen LogP contribution in [0.2, 0.25) is 0 Å². The predicted molar refractivity (Wildman–Crippen MR) is 106 cm³/mol. The van der Waals surface area contributed by atoms with E-state index in [1.54, 1.807) is 17.9 Å². The Kier molecular flexibility index (Phi) is 4.77. The molecular weight excluding hydrogens is 394 g/mol. The first-order chi connectivity index (χ1) is 14.4. The molecule has 0 fully saturated rings. The minimum absolute atomic E-state index is 0.0993. The number of nitrogens with zero attached hydrogens (tertiary/aromatic N) is 8. The van der Waals surface area contributed by atoms with Crippen molar-refractivity contribution in [3.63, 3.8) is 0 Å². The standard InChI is InChI=1S/C17H19N9O4/c1-23-8-22-15-12(23)16(28)26(17(29)24(15)2)6-10(27)30-5-3-4-25-9-21-11-13(18)19-7-20-14(11)25/h7-9H,3-6H2,1-2H3,(H2,18,19,20). The number of hydrogen-bond donors (Lipinski definition) is 1. The van der Waals surface area contributed by atoms with Gasteiger partial charge in [0.15, 0.2) is 22.6 Å². The maximum Gasteiger partial charge on any atom is 0.333 e. The fourth-order valence-corrected chi connectivity index (χ4v) is 3.19. The Labute approximate surface area is 168 Å². The molecule has 0 aromatic carbocycles. The van der Waals surface area contributed by atoms with E-state index in [2.05, 4.69) is 19.9 Å².